The lowest BCUT2D eigenvalue weighted by molar-refractivity contribution is 0.0688. The van der Waals surface area contributed by atoms with Crippen LogP contribution in [0, 0.1) is 0 Å². The van der Waals surface area contributed by atoms with Crippen LogP contribution < -0.4 is 5.32 Å². The van der Waals surface area contributed by atoms with Gasteiger partial charge >= 0.3 is 12.0 Å². The Morgan fingerprint density at radius 1 is 1.32 bits per heavy atom. The molecule has 4 rings (SSSR count). The average Bonchev–Trinajstić information content (AvgIpc) is 3.04. The third-order valence-electron chi connectivity index (χ3n) is 6.44. The van der Waals surface area contributed by atoms with Gasteiger partial charge in [-0.2, -0.15) is 0 Å². The summed E-state index contributed by atoms with van der Waals surface area (Å²) in [6.07, 6.45) is 1.59. The zero-order valence-corrected chi connectivity index (χ0v) is 16.7. The number of hydrogen-bond acceptors (Lipinski definition) is 3. The van der Waals surface area contributed by atoms with Crippen molar-refractivity contribution in [2.24, 2.45) is 0 Å². The molecule has 0 radical (unpaired) electrons. The molecule has 1 saturated heterocycles. The first-order valence-corrected chi connectivity index (χ1v) is 10.1. The molecule has 1 aliphatic heterocycles. The minimum Gasteiger partial charge on any atom is -0.477 e. The molecular weight excluding hydrogens is 356 g/mol. The lowest BCUT2D eigenvalue weighted by Crippen LogP contribution is -2.56. The van der Waals surface area contributed by atoms with Crippen LogP contribution in [0.25, 0.3) is 10.9 Å². The van der Waals surface area contributed by atoms with Crippen LogP contribution in [0.5, 0.6) is 0 Å². The Hall–Kier alpha value is -2.54. The Labute approximate surface area is 164 Å². The van der Waals surface area contributed by atoms with Gasteiger partial charge in [0.25, 0.3) is 0 Å². The fraction of sp³-hybridized carbons (Fsp3) is 0.524. The molecule has 1 fully saturated rings. The zero-order valence-electron chi connectivity index (χ0n) is 16.7. The van der Waals surface area contributed by atoms with Crippen LogP contribution in [-0.4, -0.2) is 70.7 Å². The van der Waals surface area contributed by atoms with Crippen molar-refractivity contribution in [2.75, 3.05) is 26.7 Å². The highest BCUT2D eigenvalue weighted by Crippen LogP contribution is 2.44. The molecule has 2 aliphatic rings. The first-order chi connectivity index (χ1) is 13.4. The van der Waals surface area contributed by atoms with Crippen LogP contribution in [0.15, 0.2) is 18.2 Å². The normalized spacial score (nSPS) is 24.0. The molecule has 0 unspecified atom stereocenters. The van der Waals surface area contributed by atoms with Gasteiger partial charge in [0.05, 0.1) is 0 Å². The first kappa shape index (κ1) is 18.8. The van der Waals surface area contributed by atoms with E-state index >= 15 is 0 Å². The molecule has 1 aromatic heterocycles. The van der Waals surface area contributed by atoms with Gasteiger partial charge in [0.15, 0.2) is 0 Å². The maximum absolute atomic E-state index is 12.5. The molecule has 3 N–H and O–H groups in total. The number of nitrogens with zero attached hydrogens (tertiary/aromatic N) is 2. The number of nitrogens with one attached hydrogen (secondary N) is 2. The monoisotopic (exact) mass is 384 g/mol. The van der Waals surface area contributed by atoms with Crippen LogP contribution in [0.2, 0.25) is 0 Å². The summed E-state index contributed by atoms with van der Waals surface area (Å²) in [6, 6.07) is 6.37. The summed E-state index contributed by atoms with van der Waals surface area (Å²) in [6.45, 7) is 6.14. The van der Waals surface area contributed by atoms with Gasteiger partial charge in [-0.05, 0) is 50.9 Å². The summed E-state index contributed by atoms with van der Waals surface area (Å²) in [5.74, 6) is -0.632. The largest absolute Gasteiger partial charge is 0.477 e. The van der Waals surface area contributed by atoms with Gasteiger partial charge in [-0.25, -0.2) is 9.59 Å². The number of aromatic nitrogens is 1. The highest BCUT2D eigenvalue weighted by atomic mass is 16.4. The zero-order chi connectivity index (χ0) is 20.0. The van der Waals surface area contributed by atoms with Crippen molar-refractivity contribution < 1.29 is 14.7 Å². The van der Waals surface area contributed by atoms with Crippen molar-refractivity contribution in [3.05, 3.63) is 35.0 Å². The minimum absolute atomic E-state index is 0.00800. The van der Waals surface area contributed by atoms with Crippen molar-refractivity contribution in [1.82, 2.24) is 20.1 Å². The maximum atomic E-state index is 12.5. The number of likely N-dealkylation sites (N-methyl/N-ethyl adjacent to an activating group) is 1. The Morgan fingerprint density at radius 3 is 2.75 bits per heavy atom. The van der Waals surface area contributed by atoms with Crippen LogP contribution >= 0.6 is 0 Å². The number of rotatable bonds is 4. The topological polar surface area (TPSA) is 88.7 Å². The van der Waals surface area contributed by atoms with Crippen molar-refractivity contribution in [3.63, 3.8) is 0 Å². The number of carboxylic acids is 1. The molecule has 0 saturated carbocycles. The van der Waals surface area contributed by atoms with Crippen molar-refractivity contribution in [2.45, 2.75) is 44.7 Å². The van der Waals surface area contributed by atoms with Gasteiger partial charge in [-0.3, -0.25) is 0 Å². The minimum atomic E-state index is -0.904. The first-order valence-electron chi connectivity index (χ1n) is 10.1. The number of aromatic amines is 1. The average molecular weight is 384 g/mol. The van der Waals surface area contributed by atoms with E-state index in [2.05, 4.69) is 28.3 Å². The molecule has 2 amide bonds. The standard InChI is InChI=1S/C21H28N4O3/c1-4-25(5-2)21(28)22-12-9-14-13-7-6-8-16-18(13)15(19(23-16)20(26)27)10-17(14)24(3)11-12/h6-8,12,14,17,23H,4-5,9-11H2,1-3H3,(H,22,28)(H,26,27)/t12-,14+,17+/m0/s1. The second-order valence-corrected chi connectivity index (χ2v) is 7.93. The molecule has 28 heavy (non-hydrogen) atoms. The highest BCUT2D eigenvalue weighted by Gasteiger charge is 2.41. The number of hydrogen-bond donors (Lipinski definition) is 3. The Bertz CT molecular complexity index is 918. The smallest absolute Gasteiger partial charge is 0.352 e. The summed E-state index contributed by atoms with van der Waals surface area (Å²) in [5, 5.41) is 13.9. The molecule has 0 bridgehead atoms. The summed E-state index contributed by atoms with van der Waals surface area (Å²) in [4.78, 5) is 31.4. The number of piperidine rings is 1. The van der Waals surface area contributed by atoms with E-state index < -0.39 is 5.97 Å². The number of H-pyrrole nitrogens is 1. The Kier molecular flexibility index (Phi) is 4.79. The van der Waals surface area contributed by atoms with E-state index in [4.69, 9.17) is 0 Å². The van der Waals surface area contributed by atoms with Crippen molar-refractivity contribution >= 4 is 22.9 Å². The van der Waals surface area contributed by atoms with E-state index in [9.17, 15) is 14.7 Å². The van der Waals surface area contributed by atoms with E-state index in [1.54, 1.807) is 4.90 Å². The van der Waals surface area contributed by atoms with Gasteiger partial charge < -0.3 is 25.2 Å². The van der Waals surface area contributed by atoms with Crippen LogP contribution in [0.4, 0.5) is 4.79 Å². The number of amides is 2. The molecular formula is C21H28N4O3. The summed E-state index contributed by atoms with van der Waals surface area (Å²) in [7, 11) is 2.08. The number of likely N-dealkylation sites (tertiary alicyclic amines) is 1. The molecule has 7 nitrogen and oxygen atoms in total. The molecule has 2 heterocycles. The summed E-state index contributed by atoms with van der Waals surface area (Å²) >= 11 is 0. The van der Waals surface area contributed by atoms with Gasteiger partial charge in [0, 0.05) is 48.5 Å². The van der Waals surface area contributed by atoms with Gasteiger partial charge in [0.2, 0.25) is 0 Å². The third kappa shape index (κ3) is 2.94. The molecule has 2 aromatic rings. The number of urea groups is 1. The number of benzene rings is 1. The number of fused-ring (bicyclic) bond motifs is 2. The summed E-state index contributed by atoms with van der Waals surface area (Å²) < 4.78 is 0. The number of carbonyl (C=O) groups excluding carboxylic acids is 1. The van der Waals surface area contributed by atoms with E-state index in [0.29, 0.717) is 18.8 Å². The van der Waals surface area contributed by atoms with Gasteiger partial charge in [0.1, 0.15) is 5.69 Å². The molecule has 1 aromatic carbocycles. The quantitative estimate of drug-likeness (QED) is 0.756. The third-order valence-corrected chi connectivity index (χ3v) is 6.44. The van der Waals surface area contributed by atoms with Gasteiger partial charge in [-0.15, -0.1) is 0 Å². The lowest BCUT2D eigenvalue weighted by Gasteiger charge is -2.46. The number of carbonyl (C=O) groups is 2. The predicted octanol–water partition coefficient (Wildman–Crippen LogP) is 2.63. The second-order valence-electron chi connectivity index (χ2n) is 7.93. The molecule has 0 spiro atoms. The van der Waals surface area contributed by atoms with E-state index in [1.807, 2.05) is 26.0 Å². The maximum Gasteiger partial charge on any atom is 0.352 e. The fourth-order valence-electron chi connectivity index (χ4n) is 5.09. The second kappa shape index (κ2) is 7.13. The van der Waals surface area contributed by atoms with E-state index in [-0.39, 0.29) is 24.0 Å². The van der Waals surface area contributed by atoms with E-state index in [1.165, 1.54) is 5.56 Å². The molecule has 7 heteroatoms. The fourth-order valence-corrected chi connectivity index (χ4v) is 5.09. The van der Waals surface area contributed by atoms with Crippen LogP contribution in [-0.2, 0) is 6.42 Å². The highest BCUT2D eigenvalue weighted by molar-refractivity contribution is 5.99. The van der Waals surface area contributed by atoms with Crippen molar-refractivity contribution in [1.29, 1.82) is 0 Å². The molecule has 3 atom stereocenters. The van der Waals surface area contributed by atoms with E-state index in [0.717, 1.165) is 35.9 Å². The number of carboxylic acid groups (broad SMARTS) is 1. The van der Waals surface area contributed by atoms with Gasteiger partial charge in [-0.1, -0.05) is 12.1 Å². The van der Waals surface area contributed by atoms with Crippen LogP contribution in [0.3, 0.4) is 0 Å². The lowest BCUT2D eigenvalue weighted by atomic mass is 9.73. The molecule has 150 valence electrons. The van der Waals surface area contributed by atoms with Crippen molar-refractivity contribution in [3.8, 4) is 0 Å². The Morgan fingerprint density at radius 2 is 2.07 bits per heavy atom. The number of aromatic carboxylic acids is 1. The van der Waals surface area contributed by atoms with Crippen LogP contribution in [0.1, 0.15) is 47.8 Å². The predicted molar refractivity (Wildman–Crippen MR) is 108 cm³/mol. The molecule has 1 aliphatic carbocycles. The SMILES string of the molecule is CCN(CC)C(=O)N[C@H]1C[C@@H]2c3cccc4[nH]c(C(=O)O)c(c34)C[C@H]2N(C)C1. The Balaban J connectivity index is 1.67. The summed E-state index contributed by atoms with van der Waals surface area (Å²) in [5.41, 5.74) is 3.31.